The summed E-state index contributed by atoms with van der Waals surface area (Å²) in [6, 6.07) is 7.61. The van der Waals surface area contributed by atoms with E-state index in [2.05, 4.69) is 15.3 Å². The number of H-pyrrole nitrogens is 1. The van der Waals surface area contributed by atoms with Crippen LogP contribution in [0.5, 0.6) is 0 Å². The highest BCUT2D eigenvalue weighted by atomic mass is 16.2. The number of benzene rings is 1. The number of aromatic amines is 1. The molecule has 6 heteroatoms. The Kier molecular flexibility index (Phi) is 4.83. The number of hydrogen-bond acceptors (Lipinski definition) is 3. The lowest BCUT2D eigenvalue weighted by atomic mass is 10.0. The van der Waals surface area contributed by atoms with Crippen molar-refractivity contribution >= 4 is 22.8 Å². The number of piperidine rings is 1. The topological polar surface area (TPSA) is 78.1 Å². The first-order valence-electron chi connectivity index (χ1n) is 8.56. The van der Waals surface area contributed by atoms with Crippen molar-refractivity contribution in [3.05, 3.63) is 30.1 Å². The highest BCUT2D eigenvalue weighted by Gasteiger charge is 2.25. The molecule has 2 N–H and O–H groups in total. The van der Waals surface area contributed by atoms with Crippen molar-refractivity contribution in [2.45, 2.75) is 39.2 Å². The molecular formula is C18H24N4O2. The quantitative estimate of drug-likeness (QED) is 0.884. The highest BCUT2D eigenvalue weighted by molar-refractivity contribution is 5.85. The molecule has 1 fully saturated rings. The molecule has 0 radical (unpaired) electrons. The standard InChI is InChI=1S/C18H24N4O2/c1-12(2)17(18-19-13-7-3-4-8-14(13)20-18)21-15(23)11-22-10-6-5-9-16(22)24/h3-4,7-8,12,17H,5-6,9-11H2,1-2H3,(H,19,20)(H,21,23)/t17-/m0/s1. The van der Waals surface area contributed by atoms with E-state index in [4.69, 9.17) is 0 Å². The maximum absolute atomic E-state index is 12.4. The van der Waals surface area contributed by atoms with Crippen LogP contribution >= 0.6 is 0 Å². The number of rotatable bonds is 5. The minimum atomic E-state index is -0.204. The lowest BCUT2D eigenvalue weighted by Crippen LogP contribution is -2.44. The number of amides is 2. The Morgan fingerprint density at radius 3 is 2.83 bits per heavy atom. The van der Waals surface area contributed by atoms with Crippen molar-refractivity contribution in [2.24, 2.45) is 5.92 Å². The summed E-state index contributed by atoms with van der Waals surface area (Å²) in [4.78, 5) is 33.8. The summed E-state index contributed by atoms with van der Waals surface area (Å²) in [5, 5.41) is 3.03. The van der Waals surface area contributed by atoms with E-state index in [-0.39, 0.29) is 30.3 Å². The second-order valence-electron chi connectivity index (χ2n) is 6.70. The van der Waals surface area contributed by atoms with Gasteiger partial charge in [-0.2, -0.15) is 0 Å². The third kappa shape index (κ3) is 3.58. The van der Waals surface area contributed by atoms with Crippen LogP contribution in [0.25, 0.3) is 11.0 Å². The average molecular weight is 328 g/mol. The van der Waals surface area contributed by atoms with Crippen LogP contribution in [0.3, 0.4) is 0 Å². The molecule has 128 valence electrons. The molecule has 0 unspecified atom stereocenters. The van der Waals surface area contributed by atoms with E-state index in [0.29, 0.717) is 13.0 Å². The Balaban J connectivity index is 1.71. The number of aromatic nitrogens is 2. The van der Waals surface area contributed by atoms with Crippen LogP contribution in [0.1, 0.15) is 45.0 Å². The van der Waals surface area contributed by atoms with Gasteiger partial charge in [0.2, 0.25) is 11.8 Å². The predicted octanol–water partition coefficient (Wildman–Crippen LogP) is 2.39. The van der Waals surface area contributed by atoms with Crippen LogP contribution in [-0.2, 0) is 9.59 Å². The molecule has 1 aliphatic rings. The first-order chi connectivity index (χ1) is 11.5. The van der Waals surface area contributed by atoms with E-state index in [1.54, 1.807) is 4.90 Å². The minimum Gasteiger partial charge on any atom is -0.344 e. The van der Waals surface area contributed by atoms with Gasteiger partial charge in [0.1, 0.15) is 5.82 Å². The third-order valence-corrected chi connectivity index (χ3v) is 4.44. The van der Waals surface area contributed by atoms with E-state index >= 15 is 0 Å². The molecular weight excluding hydrogens is 304 g/mol. The Bertz CT molecular complexity index is 704. The van der Waals surface area contributed by atoms with Crippen LogP contribution in [0.15, 0.2) is 24.3 Å². The molecule has 24 heavy (non-hydrogen) atoms. The van der Waals surface area contributed by atoms with E-state index < -0.39 is 0 Å². The van der Waals surface area contributed by atoms with Gasteiger partial charge in [0.25, 0.3) is 0 Å². The van der Waals surface area contributed by atoms with Crippen LogP contribution in [-0.4, -0.2) is 39.8 Å². The zero-order valence-electron chi connectivity index (χ0n) is 14.2. The summed E-state index contributed by atoms with van der Waals surface area (Å²) in [5.41, 5.74) is 1.84. The number of fused-ring (bicyclic) bond motifs is 1. The van der Waals surface area contributed by atoms with Gasteiger partial charge < -0.3 is 15.2 Å². The van der Waals surface area contributed by atoms with Gasteiger partial charge in [-0.05, 0) is 30.9 Å². The lowest BCUT2D eigenvalue weighted by Gasteiger charge is -2.27. The summed E-state index contributed by atoms with van der Waals surface area (Å²) >= 11 is 0. The largest absolute Gasteiger partial charge is 0.344 e. The number of likely N-dealkylation sites (tertiary alicyclic amines) is 1. The van der Waals surface area contributed by atoms with Gasteiger partial charge in [0.15, 0.2) is 0 Å². The summed E-state index contributed by atoms with van der Waals surface area (Å²) in [5.74, 6) is 0.877. The van der Waals surface area contributed by atoms with Gasteiger partial charge in [-0.1, -0.05) is 26.0 Å². The monoisotopic (exact) mass is 328 g/mol. The van der Waals surface area contributed by atoms with Gasteiger partial charge in [-0.25, -0.2) is 4.98 Å². The molecule has 2 aromatic rings. The molecule has 1 aromatic carbocycles. The van der Waals surface area contributed by atoms with E-state index in [0.717, 1.165) is 29.7 Å². The number of nitrogens with zero attached hydrogens (tertiary/aromatic N) is 2. The van der Waals surface area contributed by atoms with Crippen molar-refractivity contribution in [3.63, 3.8) is 0 Å². The fraction of sp³-hybridized carbons (Fsp3) is 0.500. The molecule has 3 rings (SSSR count). The smallest absolute Gasteiger partial charge is 0.240 e. The summed E-state index contributed by atoms with van der Waals surface area (Å²) in [6.45, 7) is 4.89. The number of carbonyl (C=O) groups is 2. The summed E-state index contributed by atoms with van der Waals surface area (Å²) in [7, 11) is 0. The van der Waals surface area contributed by atoms with Crippen LogP contribution in [0, 0.1) is 5.92 Å². The summed E-state index contributed by atoms with van der Waals surface area (Å²) < 4.78 is 0. The van der Waals surface area contributed by atoms with Crippen LogP contribution in [0.4, 0.5) is 0 Å². The molecule has 1 saturated heterocycles. The second-order valence-corrected chi connectivity index (χ2v) is 6.70. The van der Waals surface area contributed by atoms with E-state index in [1.165, 1.54) is 0 Å². The average Bonchev–Trinajstić information content (AvgIpc) is 2.98. The molecule has 2 heterocycles. The number of para-hydroxylation sites is 2. The number of carbonyl (C=O) groups excluding carboxylic acids is 2. The van der Waals surface area contributed by atoms with Crippen LogP contribution in [0.2, 0.25) is 0 Å². The maximum Gasteiger partial charge on any atom is 0.240 e. The van der Waals surface area contributed by atoms with Gasteiger partial charge in [-0.3, -0.25) is 9.59 Å². The highest BCUT2D eigenvalue weighted by Crippen LogP contribution is 2.22. The fourth-order valence-corrected chi connectivity index (χ4v) is 3.09. The van der Waals surface area contributed by atoms with Gasteiger partial charge in [-0.15, -0.1) is 0 Å². The maximum atomic E-state index is 12.4. The van der Waals surface area contributed by atoms with Crippen molar-refractivity contribution in [2.75, 3.05) is 13.1 Å². The molecule has 1 aromatic heterocycles. The lowest BCUT2D eigenvalue weighted by molar-refractivity contribution is -0.138. The van der Waals surface area contributed by atoms with Crippen molar-refractivity contribution in [3.8, 4) is 0 Å². The molecule has 2 amide bonds. The predicted molar refractivity (Wildman–Crippen MR) is 92.2 cm³/mol. The molecule has 0 bridgehead atoms. The zero-order valence-corrected chi connectivity index (χ0v) is 14.2. The Labute approximate surface area is 141 Å². The fourth-order valence-electron chi connectivity index (χ4n) is 3.09. The van der Waals surface area contributed by atoms with Crippen molar-refractivity contribution in [1.82, 2.24) is 20.2 Å². The van der Waals surface area contributed by atoms with Crippen LogP contribution < -0.4 is 5.32 Å². The molecule has 1 atom stereocenters. The minimum absolute atomic E-state index is 0.0706. The second kappa shape index (κ2) is 7.03. The molecule has 0 aliphatic carbocycles. The Morgan fingerprint density at radius 2 is 2.12 bits per heavy atom. The van der Waals surface area contributed by atoms with Gasteiger partial charge >= 0.3 is 0 Å². The first-order valence-corrected chi connectivity index (χ1v) is 8.56. The van der Waals surface area contributed by atoms with Gasteiger partial charge in [0.05, 0.1) is 23.6 Å². The molecule has 1 aliphatic heterocycles. The SMILES string of the molecule is CC(C)[C@H](NC(=O)CN1CCCCC1=O)c1nc2ccccc2[nH]1. The number of hydrogen-bond donors (Lipinski definition) is 2. The van der Waals surface area contributed by atoms with Crippen molar-refractivity contribution < 1.29 is 9.59 Å². The zero-order chi connectivity index (χ0) is 17.1. The molecule has 0 spiro atoms. The van der Waals surface area contributed by atoms with E-state index in [1.807, 2.05) is 38.1 Å². The normalized spacial score (nSPS) is 16.6. The number of nitrogens with one attached hydrogen (secondary N) is 2. The van der Waals surface area contributed by atoms with Gasteiger partial charge in [0, 0.05) is 13.0 Å². The third-order valence-electron chi connectivity index (χ3n) is 4.44. The summed E-state index contributed by atoms with van der Waals surface area (Å²) in [6.07, 6.45) is 2.44. The molecule has 0 saturated carbocycles. The Morgan fingerprint density at radius 1 is 1.33 bits per heavy atom. The molecule has 6 nitrogen and oxygen atoms in total. The van der Waals surface area contributed by atoms with E-state index in [9.17, 15) is 9.59 Å². The first kappa shape index (κ1) is 16.5. The number of imidazole rings is 1. The Hall–Kier alpha value is -2.37. The van der Waals surface area contributed by atoms with Crippen molar-refractivity contribution in [1.29, 1.82) is 0 Å².